The van der Waals surface area contributed by atoms with E-state index in [1.807, 2.05) is 4.90 Å². The average molecular weight is 341 g/mol. The van der Waals surface area contributed by atoms with Gasteiger partial charge < -0.3 is 9.64 Å². The van der Waals surface area contributed by atoms with Crippen LogP contribution in [-0.4, -0.2) is 30.0 Å². The van der Waals surface area contributed by atoms with Crippen molar-refractivity contribution in [1.29, 1.82) is 0 Å². The zero-order valence-corrected chi connectivity index (χ0v) is 14.4. The van der Waals surface area contributed by atoms with Crippen molar-refractivity contribution in [3.05, 3.63) is 42.2 Å². The molecular formula is C21H24FNO2. The Hall–Kier alpha value is -1.84. The molecule has 1 aromatic carbocycles. The fraction of sp³-hybridized carbons (Fsp3) is 0.571. The molecule has 1 aliphatic heterocycles. The van der Waals surface area contributed by atoms with E-state index in [0.29, 0.717) is 28.9 Å². The van der Waals surface area contributed by atoms with Crippen molar-refractivity contribution < 1.29 is 13.9 Å². The standard InChI is InChI=1S/C21H24FNO2/c22-18-3-1-2-4-19(18)25-15-7-11-23(12-8-15)20(24)16-13-14-5-6-17(16)21(14)9-10-21/h1-6,14-17H,7-13H2. The first-order valence-corrected chi connectivity index (χ1v) is 9.56. The van der Waals surface area contributed by atoms with Gasteiger partial charge in [0, 0.05) is 31.8 Å². The van der Waals surface area contributed by atoms with Crippen molar-refractivity contribution in [1.82, 2.24) is 4.90 Å². The lowest BCUT2D eigenvalue weighted by Crippen LogP contribution is -2.45. The molecule has 2 saturated carbocycles. The molecule has 1 saturated heterocycles. The van der Waals surface area contributed by atoms with Crippen LogP contribution in [0.3, 0.4) is 0 Å². The van der Waals surface area contributed by atoms with E-state index in [9.17, 15) is 9.18 Å². The van der Waals surface area contributed by atoms with Crippen molar-refractivity contribution in [2.75, 3.05) is 13.1 Å². The Morgan fingerprint density at radius 1 is 1.16 bits per heavy atom. The minimum absolute atomic E-state index is 0.00403. The van der Waals surface area contributed by atoms with Crippen LogP contribution in [0.2, 0.25) is 0 Å². The molecular weight excluding hydrogens is 317 g/mol. The smallest absolute Gasteiger partial charge is 0.226 e. The first-order chi connectivity index (χ1) is 12.2. The van der Waals surface area contributed by atoms with E-state index in [-0.39, 0.29) is 17.8 Å². The molecule has 0 aromatic heterocycles. The van der Waals surface area contributed by atoms with Gasteiger partial charge in [0.25, 0.3) is 0 Å². The largest absolute Gasteiger partial charge is 0.487 e. The third kappa shape index (κ3) is 2.41. The second kappa shape index (κ2) is 5.58. The number of amides is 1. The lowest BCUT2D eigenvalue weighted by molar-refractivity contribution is -0.138. The van der Waals surface area contributed by atoms with Crippen LogP contribution in [0, 0.1) is 29.0 Å². The number of allylic oxidation sites excluding steroid dienone is 2. The number of ether oxygens (including phenoxy) is 1. The van der Waals surface area contributed by atoms with Crippen molar-refractivity contribution in [2.45, 2.75) is 38.2 Å². The van der Waals surface area contributed by atoms with Gasteiger partial charge in [-0.2, -0.15) is 0 Å². The van der Waals surface area contributed by atoms with Crippen LogP contribution in [0.25, 0.3) is 0 Å². The molecule has 0 radical (unpaired) electrons. The molecule has 2 bridgehead atoms. The van der Waals surface area contributed by atoms with Crippen molar-refractivity contribution >= 4 is 5.91 Å². The van der Waals surface area contributed by atoms with E-state index in [2.05, 4.69) is 12.2 Å². The minimum Gasteiger partial charge on any atom is -0.487 e. The molecule has 5 rings (SSSR count). The molecule has 25 heavy (non-hydrogen) atoms. The summed E-state index contributed by atoms with van der Waals surface area (Å²) < 4.78 is 19.5. The molecule has 132 valence electrons. The number of hydrogen-bond acceptors (Lipinski definition) is 2. The summed E-state index contributed by atoms with van der Waals surface area (Å²) in [5, 5.41) is 0. The highest BCUT2D eigenvalue weighted by molar-refractivity contribution is 5.80. The van der Waals surface area contributed by atoms with E-state index in [4.69, 9.17) is 4.74 Å². The summed E-state index contributed by atoms with van der Waals surface area (Å²) in [4.78, 5) is 15.0. The van der Waals surface area contributed by atoms with E-state index in [0.717, 1.165) is 32.4 Å². The van der Waals surface area contributed by atoms with Gasteiger partial charge in [-0.1, -0.05) is 24.3 Å². The molecule has 1 amide bonds. The molecule has 4 heteroatoms. The third-order valence-electron chi connectivity index (χ3n) is 6.92. The zero-order chi connectivity index (χ0) is 17.0. The van der Waals surface area contributed by atoms with Gasteiger partial charge in [-0.15, -0.1) is 0 Å². The molecule has 1 spiro atoms. The Morgan fingerprint density at radius 3 is 2.60 bits per heavy atom. The van der Waals surface area contributed by atoms with Gasteiger partial charge in [-0.25, -0.2) is 4.39 Å². The summed E-state index contributed by atoms with van der Waals surface area (Å²) in [5.74, 6) is 1.67. The van der Waals surface area contributed by atoms with Gasteiger partial charge in [0.1, 0.15) is 6.10 Å². The summed E-state index contributed by atoms with van der Waals surface area (Å²) in [6.07, 6.45) is 9.88. The Labute approximate surface area is 147 Å². The Kier molecular flexibility index (Phi) is 3.44. The lowest BCUT2D eigenvalue weighted by atomic mass is 9.87. The van der Waals surface area contributed by atoms with Gasteiger partial charge in [0.2, 0.25) is 5.91 Å². The number of carbonyl (C=O) groups excluding carboxylic acids is 1. The van der Waals surface area contributed by atoms with Gasteiger partial charge in [0.15, 0.2) is 11.6 Å². The number of benzene rings is 1. The maximum absolute atomic E-state index is 13.7. The Morgan fingerprint density at radius 2 is 1.92 bits per heavy atom. The van der Waals surface area contributed by atoms with Crippen LogP contribution in [0.15, 0.2) is 36.4 Å². The number of piperidine rings is 1. The van der Waals surface area contributed by atoms with Crippen LogP contribution in [0.5, 0.6) is 5.75 Å². The highest BCUT2D eigenvalue weighted by Gasteiger charge is 2.64. The number of para-hydroxylation sites is 1. The molecule has 3 atom stereocenters. The quantitative estimate of drug-likeness (QED) is 0.783. The Balaban J connectivity index is 1.19. The van der Waals surface area contributed by atoms with Crippen LogP contribution < -0.4 is 4.74 Å². The fourth-order valence-corrected chi connectivity index (χ4v) is 5.40. The minimum atomic E-state index is -0.315. The van der Waals surface area contributed by atoms with Gasteiger partial charge >= 0.3 is 0 Å². The van der Waals surface area contributed by atoms with E-state index in [1.165, 1.54) is 18.9 Å². The highest BCUT2D eigenvalue weighted by Crippen LogP contribution is 2.70. The number of nitrogens with zero attached hydrogens (tertiary/aromatic N) is 1. The molecule has 3 nitrogen and oxygen atoms in total. The van der Waals surface area contributed by atoms with Crippen molar-refractivity contribution in [3.8, 4) is 5.75 Å². The Bertz CT molecular complexity index is 718. The van der Waals surface area contributed by atoms with Crippen LogP contribution in [-0.2, 0) is 4.79 Å². The summed E-state index contributed by atoms with van der Waals surface area (Å²) in [6, 6.07) is 6.54. The molecule has 4 aliphatic rings. The number of carbonyl (C=O) groups is 1. The summed E-state index contributed by atoms with van der Waals surface area (Å²) in [6.45, 7) is 1.45. The number of rotatable bonds is 3. The van der Waals surface area contributed by atoms with Gasteiger partial charge in [-0.05, 0) is 48.6 Å². The SMILES string of the molecule is O=C(C1CC2C=CC1C21CC1)N1CCC(Oc2ccccc2F)CC1. The normalized spacial score (nSPS) is 32.4. The molecule has 0 N–H and O–H groups in total. The van der Waals surface area contributed by atoms with Crippen LogP contribution in [0.4, 0.5) is 4.39 Å². The van der Waals surface area contributed by atoms with E-state index < -0.39 is 0 Å². The summed E-state index contributed by atoms with van der Waals surface area (Å²) in [7, 11) is 0. The average Bonchev–Trinajstić information content (AvgIpc) is 3.30. The lowest BCUT2D eigenvalue weighted by Gasteiger charge is -2.35. The van der Waals surface area contributed by atoms with E-state index in [1.54, 1.807) is 18.2 Å². The van der Waals surface area contributed by atoms with Crippen LogP contribution >= 0.6 is 0 Å². The first kappa shape index (κ1) is 15.4. The monoisotopic (exact) mass is 341 g/mol. The molecule has 3 fully saturated rings. The predicted octanol–water partition coefficient (Wildman–Crippen LogP) is 3.80. The zero-order valence-electron chi connectivity index (χ0n) is 14.4. The van der Waals surface area contributed by atoms with Crippen LogP contribution in [0.1, 0.15) is 32.1 Å². The van der Waals surface area contributed by atoms with Gasteiger partial charge in [-0.3, -0.25) is 4.79 Å². The topological polar surface area (TPSA) is 29.5 Å². The van der Waals surface area contributed by atoms with Gasteiger partial charge in [0.05, 0.1) is 0 Å². The molecule has 1 heterocycles. The van der Waals surface area contributed by atoms with E-state index >= 15 is 0 Å². The first-order valence-electron chi connectivity index (χ1n) is 9.56. The second-order valence-corrected chi connectivity index (χ2v) is 8.17. The highest BCUT2D eigenvalue weighted by atomic mass is 19.1. The number of likely N-dealkylation sites (tertiary alicyclic amines) is 1. The molecule has 1 aromatic rings. The predicted molar refractivity (Wildman–Crippen MR) is 92.5 cm³/mol. The summed E-state index contributed by atoms with van der Waals surface area (Å²) >= 11 is 0. The number of halogens is 1. The fourth-order valence-electron chi connectivity index (χ4n) is 5.40. The van der Waals surface area contributed by atoms with Crippen molar-refractivity contribution in [3.63, 3.8) is 0 Å². The molecule has 3 aliphatic carbocycles. The number of hydrogen-bond donors (Lipinski definition) is 0. The molecule has 3 unspecified atom stereocenters. The third-order valence-corrected chi connectivity index (χ3v) is 6.92. The summed E-state index contributed by atoms with van der Waals surface area (Å²) in [5.41, 5.74) is 0.465. The van der Waals surface area contributed by atoms with Crippen molar-refractivity contribution in [2.24, 2.45) is 23.2 Å². The second-order valence-electron chi connectivity index (χ2n) is 8.17. The maximum atomic E-state index is 13.7. The maximum Gasteiger partial charge on any atom is 0.226 e.